The van der Waals surface area contributed by atoms with Crippen LogP contribution in [0.25, 0.3) is 6.08 Å². The number of hydrogen-bond donors (Lipinski definition) is 1. The van der Waals surface area contributed by atoms with Crippen molar-refractivity contribution in [2.24, 2.45) is 0 Å². The normalized spacial score (nSPS) is 12.3. The fourth-order valence-electron chi connectivity index (χ4n) is 1.44. The van der Waals surface area contributed by atoms with Crippen LogP contribution in [0, 0.1) is 11.3 Å². The van der Waals surface area contributed by atoms with Crippen molar-refractivity contribution in [3.05, 3.63) is 35.9 Å². The van der Waals surface area contributed by atoms with Crippen molar-refractivity contribution in [2.75, 3.05) is 13.2 Å². The summed E-state index contributed by atoms with van der Waals surface area (Å²) in [4.78, 5) is 0. The van der Waals surface area contributed by atoms with Gasteiger partial charge in [0.1, 0.15) is 11.8 Å². The number of rotatable bonds is 6. The van der Waals surface area contributed by atoms with E-state index in [-0.39, 0.29) is 6.61 Å². The topological polar surface area (TPSA) is 45.0 Å². The highest BCUT2D eigenvalue weighted by atomic mass is 16.5. The molecule has 0 radical (unpaired) electrons. The number of nitriles is 1. The maximum Gasteiger partial charge on any atom is 0.174 e. The number of nitrogens with one attached hydrogen (secondary N) is 1. The van der Waals surface area contributed by atoms with Gasteiger partial charge in [-0.2, -0.15) is 5.26 Å². The molecule has 1 aromatic rings. The van der Waals surface area contributed by atoms with E-state index in [0.717, 1.165) is 17.9 Å². The standard InChI is InChI=1S/C14H18N2O/c1-3-16-12(2)4-5-13-6-8-14(9-7-13)17-11-10-15/h4-9,12,16H,3,11H2,1-2H3/b5-4+. The van der Waals surface area contributed by atoms with Crippen LogP contribution in [0.15, 0.2) is 30.3 Å². The molecule has 1 atom stereocenters. The highest BCUT2D eigenvalue weighted by molar-refractivity contribution is 5.51. The van der Waals surface area contributed by atoms with Crippen LogP contribution in [-0.2, 0) is 0 Å². The van der Waals surface area contributed by atoms with Gasteiger partial charge in [0.15, 0.2) is 6.61 Å². The van der Waals surface area contributed by atoms with Gasteiger partial charge < -0.3 is 10.1 Å². The number of benzene rings is 1. The molecule has 0 fully saturated rings. The fourth-order valence-corrected chi connectivity index (χ4v) is 1.44. The van der Waals surface area contributed by atoms with Gasteiger partial charge >= 0.3 is 0 Å². The Bertz CT molecular complexity index is 390. The third-order valence-electron chi connectivity index (χ3n) is 2.29. The van der Waals surface area contributed by atoms with Crippen molar-refractivity contribution >= 4 is 6.08 Å². The van der Waals surface area contributed by atoms with Gasteiger partial charge in [0.05, 0.1) is 0 Å². The minimum atomic E-state index is 0.0899. The van der Waals surface area contributed by atoms with Gasteiger partial charge in [-0.25, -0.2) is 0 Å². The van der Waals surface area contributed by atoms with E-state index in [1.807, 2.05) is 30.3 Å². The maximum atomic E-state index is 8.38. The van der Waals surface area contributed by atoms with E-state index < -0.39 is 0 Å². The van der Waals surface area contributed by atoms with Crippen LogP contribution < -0.4 is 10.1 Å². The Balaban J connectivity index is 2.53. The lowest BCUT2D eigenvalue weighted by molar-refractivity contribution is 0.368. The van der Waals surface area contributed by atoms with Crippen molar-refractivity contribution in [1.82, 2.24) is 5.32 Å². The molecule has 90 valence electrons. The van der Waals surface area contributed by atoms with Crippen LogP contribution in [0.2, 0.25) is 0 Å². The van der Waals surface area contributed by atoms with E-state index in [4.69, 9.17) is 10.00 Å². The Labute approximate surface area is 103 Å². The van der Waals surface area contributed by atoms with E-state index in [2.05, 4.69) is 31.3 Å². The molecule has 0 heterocycles. The summed E-state index contributed by atoms with van der Waals surface area (Å²) < 4.78 is 5.18. The van der Waals surface area contributed by atoms with E-state index >= 15 is 0 Å². The first-order valence-corrected chi connectivity index (χ1v) is 5.77. The van der Waals surface area contributed by atoms with Gasteiger partial charge in [-0.1, -0.05) is 31.2 Å². The monoisotopic (exact) mass is 230 g/mol. The molecule has 1 aromatic carbocycles. The Morgan fingerprint density at radius 2 is 2.12 bits per heavy atom. The van der Waals surface area contributed by atoms with Crippen molar-refractivity contribution in [1.29, 1.82) is 5.26 Å². The van der Waals surface area contributed by atoms with Crippen LogP contribution in [0.3, 0.4) is 0 Å². The summed E-state index contributed by atoms with van der Waals surface area (Å²) in [5, 5.41) is 11.7. The number of hydrogen-bond acceptors (Lipinski definition) is 3. The molecule has 0 aliphatic carbocycles. The molecule has 0 saturated carbocycles. The summed E-state index contributed by atoms with van der Waals surface area (Å²) in [6.07, 6.45) is 4.19. The van der Waals surface area contributed by atoms with Crippen LogP contribution in [0.4, 0.5) is 0 Å². The van der Waals surface area contributed by atoms with Gasteiger partial charge in [-0.3, -0.25) is 0 Å². The lowest BCUT2D eigenvalue weighted by Crippen LogP contribution is -2.22. The third kappa shape index (κ3) is 5.19. The predicted molar refractivity (Wildman–Crippen MR) is 69.7 cm³/mol. The van der Waals surface area contributed by atoms with Gasteiger partial charge in [-0.05, 0) is 31.2 Å². The van der Waals surface area contributed by atoms with Crippen LogP contribution in [0.1, 0.15) is 19.4 Å². The predicted octanol–water partition coefficient (Wildman–Crippen LogP) is 2.60. The summed E-state index contributed by atoms with van der Waals surface area (Å²) in [6.45, 7) is 5.26. The molecule has 1 rings (SSSR count). The van der Waals surface area contributed by atoms with Gasteiger partial charge in [0.25, 0.3) is 0 Å². The molecule has 0 saturated heterocycles. The molecule has 1 unspecified atom stereocenters. The van der Waals surface area contributed by atoms with Crippen LogP contribution in [0.5, 0.6) is 5.75 Å². The zero-order valence-corrected chi connectivity index (χ0v) is 10.3. The van der Waals surface area contributed by atoms with E-state index in [1.165, 1.54) is 0 Å². The molecular formula is C14H18N2O. The maximum absolute atomic E-state index is 8.38. The Kier molecular flexibility index (Phi) is 5.84. The smallest absolute Gasteiger partial charge is 0.174 e. The molecule has 0 aromatic heterocycles. The van der Waals surface area contributed by atoms with E-state index in [9.17, 15) is 0 Å². The molecule has 3 heteroatoms. The van der Waals surface area contributed by atoms with Crippen molar-refractivity contribution < 1.29 is 4.74 Å². The van der Waals surface area contributed by atoms with E-state index in [1.54, 1.807) is 0 Å². The summed E-state index contributed by atoms with van der Waals surface area (Å²) in [5.41, 5.74) is 1.12. The average Bonchev–Trinajstić information content (AvgIpc) is 2.35. The first-order chi connectivity index (χ1) is 8.26. The minimum absolute atomic E-state index is 0.0899. The second kappa shape index (κ2) is 7.48. The van der Waals surface area contributed by atoms with Crippen molar-refractivity contribution in [2.45, 2.75) is 19.9 Å². The Morgan fingerprint density at radius 3 is 2.71 bits per heavy atom. The number of ether oxygens (including phenoxy) is 1. The summed E-state index contributed by atoms with van der Waals surface area (Å²) in [6, 6.07) is 10.00. The zero-order chi connectivity index (χ0) is 12.5. The molecule has 17 heavy (non-hydrogen) atoms. The summed E-state index contributed by atoms with van der Waals surface area (Å²) in [7, 11) is 0. The second-order valence-electron chi connectivity index (χ2n) is 3.72. The average molecular weight is 230 g/mol. The molecule has 0 aliphatic rings. The van der Waals surface area contributed by atoms with Gasteiger partial charge in [0, 0.05) is 6.04 Å². The fraction of sp³-hybridized carbons (Fsp3) is 0.357. The molecule has 0 spiro atoms. The lowest BCUT2D eigenvalue weighted by Gasteiger charge is -2.06. The Morgan fingerprint density at radius 1 is 1.41 bits per heavy atom. The number of nitrogens with zero attached hydrogens (tertiary/aromatic N) is 1. The first-order valence-electron chi connectivity index (χ1n) is 5.77. The van der Waals surface area contributed by atoms with Crippen molar-refractivity contribution in [3.8, 4) is 11.8 Å². The summed E-state index contributed by atoms with van der Waals surface area (Å²) >= 11 is 0. The van der Waals surface area contributed by atoms with Crippen LogP contribution >= 0.6 is 0 Å². The zero-order valence-electron chi connectivity index (χ0n) is 10.3. The van der Waals surface area contributed by atoms with Crippen molar-refractivity contribution in [3.63, 3.8) is 0 Å². The molecule has 1 N–H and O–H groups in total. The van der Waals surface area contributed by atoms with Crippen LogP contribution in [-0.4, -0.2) is 19.2 Å². The first kappa shape index (κ1) is 13.3. The molecule has 0 bridgehead atoms. The highest BCUT2D eigenvalue weighted by Gasteiger charge is 1.94. The Hall–Kier alpha value is -1.79. The second-order valence-corrected chi connectivity index (χ2v) is 3.72. The SMILES string of the molecule is CCNC(C)/C=C/c1ccc(OCC#N)cc1. The third-order valence-corrected chi connectivity index (χ3v) is 2.29. The van der Waals surface area contributed by atoms with E-state index in [0.29, 0.717) is 6.04 Å². The van der Waals surface area contributed by atoms with Gasteiger partial charge in [-0.15, -0.1) is 0 Å². The molecule has 0 aliphatic heterocycles. The largest absolute Gasteiger partial charge is 0.479 e. The summed E-state index contributed by atoms with van der Waals surface area (Å²) in [5.74, 6) is 0.725. The number of likely N-dealkylation sites (N-methyl/N-ethyl adjacent to an activating group) is 1. The molecule has 0 amide bonds. The minimum Gasteiger partial charge on any atom is -0.479 e. The molecular weight excluding hydrogens is 212 g/mol. The highest BCUT2D eigenvalue weighted by Crippen LogP contribution is 2.13. The lowest BCUT2D eigenvalue weighted by atomic mass is 10.2. The molecule has 3 nitrogen and oxygen atoms in total. The van der Waals surface area contributed by atoms with Gasteiger partial charge in [0.2, 0.25) is 0 Å². The quantitative estimate of drug-likeness (QED) is 0.817.